The Kier molecular flexibility index (Phi) is 6.04. The number of halogens is 1. The number of amides is 1. The summed E-state index contributed by atoms with van der Waals surface area (Å²) in [7, 11) is 0. The normalized spacial score (nSPS) is 20.4. The van der Waals surface area contributed by atoms with E-state index in [1.807, 2.05) is 12.1 Å². The molecule has 0 spiro atoms. The molecule has 0 saturated carbocycles. The van der Waals surface area contributed by atoms with Crippen molar-refractivity contribution in [3.63, 3.8) is 0 Å². The zero-order valence-electron chi connectivity index (χ0n) is 14.3. The van der Waals surface area contributed by atoms with Crippen LogP contribution >= 0.6 is 11.6 Å². The maximum absolute atomic E-state index is 12.1. The molecule has 1 aromatic heterocycles. The quantitative estimate of drug-likeness (QED) is 0.825. The van der Waals surface area contributed by atoms with Crippen molar-refractivity contribution >= 4 is 17.5 Å². The number of rotatable bonds is 6. The third-order valence-corrected chi connectivity index (χ3v) is 4.61. The summed E-state index contributed by atoms with van der Waals surface area (Å²) in [6, 6.07) is 8.03. The van der Waals surface area contributed by atoms with Gasteiger partial charge in [0.15, 0.2) is 0 Å². The van der Waals surface area contributed by atoms with E-state index in [1.165, 1.54) is 0 Å². The molecule has 6 nitrogen and oxygen atoms in total. The number of carbonyl (C=O) groups excluding carboxylic acids is 1. The first-order valence-corrected chi connectivity index (χ1v) is 9.09. The van der Waals surface area contributed by atoms with Gasteiger partial charge in [0.05, 0.1) is 0 Å². The third-order valence-electron chi connectivity index (χ3n) is 4.35. The molecule has 1 aliphatic rings. The van der Waals surface area contributed by atoms with E-state index in [9.17, 15) is 4.79 Å². The van der Waals surface area contributed by atoms with Crippen LogP contribution in [0.2, 0.25) is 5.02 Å². The van der Waals surface area contributed by atoms with Crippen molar-refractivity contribution < 1.29 is 9.32 Å². The summed E-state index contributed by atoms with van der Waals surface area (Å²) in [5.41, 5.74) is 0.858. The Morgan fingerprint density at radius 3 is 2.96 bits per heavy atom. The summed E-state index contributed by atoms with van der Waals surface area (Å²) in [6.07, 6.45) is 3.73. The summed E-state index contributed by atoms with van der Waals surface area (Å²) in [5, 5.41) is 11.1. The summed E-state index contributed by atoms with van der Waals surface area (Å²) < 4.78 is 5.26. The van der Waals surface area contributed by atoms with Gasteiger partial charge in [0, 0.05) is 35.5 Å². The van der Waals surface area contributed by atoms with Crippen LogP contribution in [-0.4, -0.2) is 34.7 Å². The van der Waals surface area contributed by atoms with Crippen LogP contribution in [0.1, 0.15) is 38.5 Å². The molecule has 2 aromatic rings. The zero-order chi connectivity index (χ0) is 17.6. The number of nitrogens with one attached hydrogen (secondary N) is 2. The smallest absolute Gasteiger partial charge is 0.226 e. The maximum Gasteiger partial charge on any atom is 0.226 e. The van der Waals surface area contributed by atoms with Crippen LogP contribution in [0.4, 0.5) is 0 Å². The summed E-state index contributed by atoms with van der Waals surface area (Å²) in [6.45, 7) is 3.10. The van der Waals surface area contributed by atoms with Gasteiger partial charge in [-0.2, -0.15) is 4.98 Å². The summed E-state index contributed by atoms with van der Waals surface area (Å²) in [4.78, 5) is 16.4. The van der Waals surface area contributed by atoms with Gasteiger partial charge in [-0.15, -0.1) is 0 Å². The topological polar surface area (TPSA) is 80.1 Å². The van der Waals surface area contributed by atoms with E-state index >= 15 is 0 Å². The number of hydrogen-bond acceptors (Lipinski definition) is 5. The van der Waals surface area contributed by atoms with E-state index in [0.29, 0.717) is 42.0 Å². The van der Waals surface area contributed by atoms with Crippen molar-refractivity contribution in [3.8, 4) is 11.4 Å². The Bertz CT molecular complexity index is 701. The monoisotopic (exact) mass is 362 g/mol. The van der Waals surface area contributed by atoms with Crippen molar-refractivity contribution in [1.29, 1.82) is 0 Å². The largest absolute Gasteiger partial charge is 0.353 e. The fourth-order valence-electron chi connectivity index (χ4n) is 3.04. The molecule has 134 valence electrons. The lowest BCUT2D eigenvalue weighted by Crippen LogP contribution is -2.46. The minimum atomic E-state index is 0.0940. The predicted octanol–water partition coefficient (Wildman–Crippen LogP) is 2.97. The first kappa shape index (κ1) is 17.9. The molecule has 1 aromatic carbocycles. The Hall–Kier alpha value is -1.92. The van der Waals surface area contributed by atoms with Crippen LogP contribution in [-0.2, 0) is 11.2 Å². The summed E-state index contributed by atoms with van der Waals surface area (Å²) in [5.74, 6) is 1.18. The fourth-order valence-corrected chi connectivity index (χ4v) is 3.16. The second kappa shape index (κ2) is 8.45. The third kappa shape index (κ3) is 5.28. The highest BCUT2D eigenvalue weighted by atomic mass is 35.5. The zero-order valence-corrected chi connectivity index (χ0v) is 15.1. The molecule has 25 heavy (non-hydrogen) atoms. The fraction of sp³-hybridized carbons (Fsp3) is 0.500. The lowest BCUT2D eigenvalue weighted by molar-refractivity contribution is -0.122. The molecule has 1 fully saturated rings. The molecule has 0 aliphatic carbocycles. The van der Waals surface area contributed by atoms with Crippen LogP contribution in [0.15, 0.2) is 28.8 Å². The van der Waals surface area contributed by atoms with E-state index in [1.54, 1.807) is 12.1 Å². The Morgan fingerprint density at radius 2 is 2.20 bits per heavy atom. The molecule has 1 amide bonds. The second-order valence-corrected chi connectivity index (χ2v) is 6.95. The van der Waals surface area contributed by atoms with Crippen molar-refractivity contribution in [2.45, 2.75) is 51.1 Å². The van der Waals surface area contributed by atoms with Crippen LogP contribution < -0.4 is 10.6 Å². The van der Waals surface area contributed by atoms with E-state index < -0.39 is 0 Å². The first-order chi connectivity index (χ1) is 12.1. The van der Waals surface area contributed by atoms with Crippen LogP contribution in [0.3, 0.4) is 0 Å². The summed E-state index contributed by atoms with van der Waals surface area (Å²) >= 11 is 5.87. The van der Waals surface area contributed by atoms with Crippen LogP contribution in [0.5, 0.6) is 0 Å². The minimum absolute atomic E-state index is 0.0940. The molecule has 1 aliphatic heterocycles. The van der Waals surface area contributed by atoms with E-state index in [2.05, 4.69) is 27.7 Å². The Balaban J connectivity index is 1.43. The first-order valence-electron chi connectivity index (χ1n) is 8.71. The van der Waals surface area contributed by atoms with E-state index in [0.717, 1.165) is 24.9 Å². The minimum Gasteiger partial charge on any atom is -0.353 e. The highest BCUT2D eigenvalue weighted by molar-refractivity contribution is 6.30. The number of benzene rings is 1. The number of aromatic nitrogens is 2. The van der Waals surface area contributed by atoms with Crippen molar-refractivity contribution in [2.24, 2.45) is 0 Å². The van der Waals surface area contributed by atoms with Gasteiger partial charge in [-0.25, -0.2) is 0 Å². The van der Waals surface area contributed by atoms with E-state index in [4.69, 9.17) is 16.1 Å². The highest BCUT2D eigenvalue weighted by Gasteiger charge is 2.19. The van der Waals surface area contributed by atoms with Gasteiger partial charge in [-0.05, 0) is 57.0 Å². The lowest BCUT2D eigenvalue weighted by atomic mass is 10.0. The van der Waals surface area contributed by atoms with E-state index in [-0.39, 0.29) is 11.9 Å². The standard InChI is InChI=1S/C18H23ClN4O2/c1-12-11-15(9-10-20-12)21-16(24)3-2-4-17-22-18(23-25-17)13-5-7-14(19)8-6-13/h5-8,12,15,20H,2-4,9-11H2,1H3,(H,21,24). The SMILES string of the molecule is CC1CC(NC(=O)CCCc2nc(-c3ccc(Cl)cc3)no2)CCN1. The molecular formula is C18H23ClN4O2. The molecule has 2 atom stereocenters. The van der Waals surface area contributed by atoms with Gasteiger partial charge in [0.2, 0.25) is 17.6 Å². The van der Waals surface area contributed by atoms with Gasteiger partial charge in [-0.3, -0.25) is 4.79 Å². The van der Waals surface area contributed by atoms with Gasteiger partial charge in [0.25, 0.3) is 0 Å². The number of nitrogens with zero attached hydrogens (tertiary/aromatic N) is 2. The molecule has 1 saturated heterocycles. The van der Waals surface area contributed by atoms with Gasteiger partial charge in [0.1, 0.15) is 0 Å². The molecule has 3 rings (SSSR count). The molecular weight excluding hydrogens is 340 g/mol. The van der Waals surface area contributed by atoms with Crippen molar-refractivity contribution in [3.05, 3.63) is 35.2 Å². The average Bonchev–Trinajstić information content (AvgIpc) is 3.04. The maximum atomic E-state index is 12.1. The molecule has 0 bridgehead atoms. The molecule has 0 radical (unpaired) electrons. The molecule has 2 heterocycles. The number of carbonyl (C=O) groups is 1. The molecule has 2 unspecified atom stereocenters. The molecule has 7 heteroatoms. The van der Waals surface area contributed by atoms with Gasteiger partial charge < -0.3 is 15.2 Å². The van der Waals surface area contributed by atoms with Crippen molar-refractivity contribution in [1.82, 2.24) is 20.8 Å². The number of hydrogen-bond donors (Lipinski definition) is 2. The van der Waals surface area contributed by atoms with Crippen LogP contribution in [0, 0.1) is 0 Å². The lowest BCUT2D eigenvalue weighted by Gasteiger charge is -2.28. The Labute approximate surface area is 152 Å². The number of piperidine rings is 1. The molecule has 2 N–H and O–H groups in total. The highest BCUT2D eigenvalue weighted by Crippen LogP contribution is 2.19. The number of aryl methyl sites for hydroxylation is 1. The average molecular weight is 363 g/mol. The van der Waals surface area contributed by atoms with Crippen LogP contribution in [0.25, 0.3) is 11.4 Å². The van der Waals surface area contributed by atoms with Gasteiger partial charge in [-0.1, -0.05) is 16.8 Å². The second-order valence-electron chi connectivity index (χ2n) is 6.52. The Morgan fingerprint density at radius 1 is 1.40 bits per heavy atom. The predicted molar refractivity (Wildman–Crippen MR) is 96.3 cm³/mol. The van der Waals surface area contributed by atoms with Gasteiger partial charge >= 0.3 is 0 Å². The van der Waals surface area contributed by atoms with Crippen molar-refractivity contribution in [2.75, 3.05) is 6.54 Å².